The minimum atomic E-state index is -0.805. The van der Waals surface area contributed by atoms with Crippen LogP contribution in [0.5, 0.6) is 0 Å². The van der Waals surface area contributed by atoms with Gasteiger partial charge in [-0.3, -0.25) is 25.0 Å². The summed E-state index contributed by atoms with van der Waals surface area (Å²) in [5.41, 5.74) is 2.00. The van der Waals surface area contributed by atoms with Gasteiger partial charge in [0, 0.05) is 24.3 Å². The number of ether oxygens (including phenoxy) is 1. The van der Waals surface area contributed by atoms with Crippen molar-refractivity contribution in [3.8, 4) is 0 Å². The van der Waals surface area contributed by atoms with Crippen molar-refractivity contribution in [1.29, 1.82) is 0 Å². The third-order valence-electron chi connectivity index (χ3n) is 5.17. The van der Waals surface area contributed by atoms with E-state index < -0.39 is 22.0 Å². The summed E-state index contributed by atoms with van der Waals surface area (Å²) in [5.74, 6) is -0.354. The number of amides is 1. The molecule has 0 aromatic heterocycles. The van der Waals surface area contributed by atoms with Gasteiger partial charge < -0.3 is 4.74 Å². The van der Waals surface area contributed by atoms with E-state index >= 15 is 0 Å². The van der Waals surface area contributed by atoms with Gasteiger partial charge in [0.05, 0.1) is 22.7 Å². The molecular weight excluding hydrogens is 428 g/mol. The molecule has 4 rings (SSSR count). The van der Waals surface area contributed by atoms with E-state index in [-0.39, 0.29) is 23.9 Å². The molecule has 0 bridgehead atoms. The van der Waals surface area contributed by atoms with Crippen LogP contribution in [0.1, 0.15) is 22.7 Å². The van der Waals surface area contributed by atoms with Crippen LogP contribution >= 0.6 is 0 Å². The molecule has 3 aromatic carbocycles. The van der Waals surface area contributed by atoms with Gasteiger partial charge in [-0.05, 0) is 41.0 Å². The van der Waals surface area contributed by atoms with Crippen molar-refractivity contribution in [1.82, 2.24) is 5.01 Å². The van der Waals surface area contributed by atoms with Crippen molar-refractivity contribution in [3.05, 3.63) is 116 Å². The SMILES string of the molecule is O=C1[C@H](OCc2ccccc2)[C@H](c2ccc([N+](=O)[O-])cc2)N1/N=C/c1ccc([N+](=O)[O-])cc1. The number of nitro groups is 2. The molecule has 1 fully saturated rings. The van der Waals surface area contributed by atoms with Crippen molar-refractivity contribution >= 4 is 23.5 Å². The van der Waals surface area contributed by atoms with Crippen molar-refractivity contribution in [2.45, 2.75) is 18.8 Å². The minimum Gasteiger partial charge on any atom is -0.361 e. The lowest BCUT2D eigenvalue weighted by Gasteiger charge is -2.43. The quantitative estimate of drug-likeness (QED) is 0.223. The van der Waals surface area contributed by atoms with Crippen molar-refractivity contribution in [2.75, 3.05) is 0 Å². The second-order valence-corrected chi connectivity index (χ2v) is 7.29. The number of hydrogen-bond acceptors (Lipinski definition) is 7. The molecule has 10 nitrogen and oxygen atoms in total. The number of hydrogen-bond donors (Lipinski definition) is 0. The van der Waals surface area contributed by atoms with Crippen LogP contribution in [0.15, 0.2) is 84.0 Å². The van der Waals surface area contributed by atoms with Crippen LogP contribution in [0, 0.1) is 20.2 Å². The number of nitrogens with zero attached hydrogens (tertiary/aromatic N) is 4. The maximum absolute atomic E-state index is 12.8. The highest BCUT2D eigenvalue weighted by Crippen LogP contribution is 2.38. The highest BCUT2D eigenvalue weighted by Gasteiger charge is 2.49. The van der Waals surface area contributed by atoms with Crippen LogP contribution in [0.4, 0.5) is 11.4 Å². The highest BCUT2D eigenvalue weighted by molar-refractivity contribution is 5.90. The average molecular weight is 446 g/mol. The van der Waals surface area contributed by atoms with Crippen LogP contribution < -0.4 is 0 Å². The summed E-state index contributed by atoms with van der Waals surface area (Å²) in [6, 6.07) is 20.4. The molecule has 2 atom stereocenters. The maximum atomic E-state index is 12.8. The molecule has 1 amide bonds. The summed E-state index contributed by atoms with van der Waals surface area (Å²) in [6.07, 6.45) is 0.619. The second-order valence-electron chi connectivity index (χ2n) is 7.29. The number of benzene rings is 3. The molecule has 166 valence electrons. The third kappa shape index (κ3) is 4.75. The summed E-state index contributed by atoms with van der Waals surface area (Å²) in [6.45, 7) is 0.223. The number of β-lactam (4-membered cyclic amide) rings is 1. The van der Waals surface area contributed by atoms with Gasteiger partial charge in [0.1, 0.15) is 6.04 Å². The van der Waals surface area contributed by atoms with Crippen LogP contribution in [0.3, 0.4) is 0 Å². The zero-order valence-corrected chi connectivity index (χ0v) is 17.2. The lowest BCUT2D eigenvalue weighted by atomic mass is 9.92. The Balaban J connectivity index is 1.55. The lowest BCUT2D eigenvalue weighted by molar-refractivity contribution is -0.385. The van der Waals surface area contributed by atoms with E-state index in [0.717, 1.165) is 5.56 Å². The number of nitro benzene ring substituents is 2. The first-order valence-electron chi connectivity index (χ1n) is 9.95. The van der Waals surface area contributed by atoms with Crippen LogP contribution in [0.25, 0.3) is 0 Å². The van der Waals surface area contributed by atoms with E-state index in [0.29, 0.717) is 11.1 Å². The molecule has 33 heavy (non-hydrogen) atoms. The topological polar surface area (TPSA) is 128 Å². The first kappa shape index (κ1) is 21.8. The average Bonchev–Trinajstić information content (AvgIpc) is 2.83. The fourth-order valence-corrected chi connectivity index (χ4v) is 3.42. The lowest BCUT2D eigenvalue weighted by Crippen LogP contribution is -2.57. The molecule has 1 aliphatic heterocycles. The van der Waals surface area contributed by atoms with Gasteiger partial charge in [0.25, 0.3) is 17.3 Å². The number of non-ortho nitro benzene ring substituents is 2. The largest absolute Gasteiger partial charge is 0.361 e. The molecular formula is C23H18N4O6. The molecule has 1 heterocycles. The molecule has 0 aliphatic carbocycles. The van der Waals surface area contributed by atoms with Crippen LogP contribution in [0.2, 0.25) is 0 Å². The smallest absolute Gasteiger partial charge is 0.275 e. The fourth-order valence-electron chi connectivity index (χ4n) is 3.42. The van der Waals surface area contributed by atoms with E-state index in [1.165, 1.54) is 47.6 Å². The standard InChI is InChI=1S/C23H18N4O6/c28-23-22(33-15-17-4-2-1-3-5-17)21(18-8-12-20(13-9-18)27(31)32)25(23)24-14-16-6-10-19(11-7-16)26(29)30/h1-14,21-22H,15H2/b24-14+/t21-,22+/m0/s1. The van der Waals surface area contributed by atoms with Gasteiger partial charge >= 0.3 is 0 Å². The Morgan fingerprint density at radius 2 is 1.45 bits per heavy atom. The van der Waals surface area contributed by atoms with Crippen molar-refractivity contribution in [2.24, 2.45) is 5.10 Å². The molecule has 10 heteroatoms. The predicted molar refractivity (Wildman–Crippen MR) is 118 cm³/mol. The van der Waals surface area contributed by atoms with Crippen LogP contribution in [-0.4, -0.2) is 33.1 Å². The first-order chi connectivity index (χ1) is 15.9. The van der Waals surface area contributed by atoms with Gasteiger partial charge in [-0.1, -0.05) is 30.3 Å². The summed E-state index contributed by atoms with van der Waals surface area (Å²) in [7, 11) is 0. The number of hydrazone groups is 1. The molecule has 1 saturated heterocycles. The van der Waals surface area contributed by atoms with Gasteiger partial charge in [0.2, 0.25) is 0 Å². The molecule has 0 spiro atoms. The molecule has 0 saturated carbocycles. The Labute approximate surface area is 188 Å². The molecule has 0 unspecified atom stereocenters. The monoisotopic (exact) mass is 446 g/mol. The van der Waals surface area contributed by atoms with Crippen LogP contribution in [-0.2, 0) is 16.1 Å². The number of carbonyl (C=O) groups excluding carboxylic acids is 1. The third-order valence-corrected chi connectivity index (χ3v) is 5.17. The van der Waals surface area contributed by atoms with Gasteiger partial charge in [-0.25, -0.2) is 5.01 Å². The van der Waals surface area contributed by atoms with E-state index in [1.807, 2.05) is 30.3 Å². The molecule has 0 radical (unpaired) electrons. The Morgan fingerprint density at radius 3 is 2.03 bits per heavy atom. The zero-order chi connectivity index (χ0) is 23.4. The Kier molecular flexibility index (Phi) is 6.18. The minimum absolute atomic E-state index is 0.0506. The predicted octanol–water partition coefficient (Wildman–Crippen LogP) is 4.01. The Hall–Kier alpha value is -4.44. The first-order valence-corrected chi connectivity index (χ1v) is 9.95. The Bertz CT molecular complexity index is 1200. The summed E-state index contributed by atoms with van der Waals surface area (Å²) < 4.78 is 5.87. The fraction of sp³-hybridized carbons (Fsp3) is 0.130. The van der Waals surface area contributed by atoms with E-state index in [2.05, 4.69) is 5.10 Å². The maximum Gasteiger partial charge on any atom is 0.275 e. The summed E-state index contributed by atoms with van der Waals surface area (Å²) >= 11 is 0. The van der Waals surface area contributed by atoms with Gasteiger partial charge in [0.15, 0.2) is 6.10 Å². The second kappa shape index (κ2) is 9.37. The molecule has 3 aromatic rings. The van der Waals surface area contributed by atoms with E-state index in [4.69, 9.17) is 4.74 Å². The summed E-state index contributed by atoms with van der Waals surface area (Å²) in [5, 5.41) is 27.3. The number of rotatable bonds is 8. The zero-order valence-electron chi connectivity index (χ0n) is 17.2. The Morgan fingerprint density at radius 1 is 0.879 bits per heavy atom. The highest BCUT2D eigenvalue weighted by atomic mass is 16.6. The van der Waals surface area contributed by atoms with Gasteiger partial charge in [-0.2, -0.15) is 5.10 Å². The van der Waals surface area contributed by atoms with E-state index in [9.17, 15) is 25.0 Å². The normalized spacial score (nSPS) is 17.7. The van der Waals surface area contributed by atoms with Gasteiger partial charge in [-0.15, -0.1) is 0 Å². The molecule has 1 aliphatic rings. The van der Waals surface area contributed by atoms with E-state index in [1.54, 1.807) is 12.1 Å². The number of carbonyl (C=O) groups is 1. The summed E-state index contributed by atoms with van der Waals surface area (Å²) in [4.78, 5) is 33.6. The molecule has 0 N–H and O–H groups in total. The van der Waals surface area contributed by atoms with Crippen molar-refractivity contribution in [3.63, 3.8) is 0 Å². The van der Waals surface area contributed by atoms with Crippen molar-refractivity contribution < 1.29 is 19.4 Å².